The van der Waals surface area contributed by atoms with Crippen LogP contribution >= 0.6 is 0 Å². The van der Waals surface area contributed by atoms with Crippen LogP contribution in [0.1, 0.15) is 44.3 Å². The smallest absolute Gasteiger partial charge is 0.191 e. The van der Waals surface area contributed by atoms with Crippen LogP contribution in [0, 0.1) is 5.92 Å². The number of hydrogen-bond acceptors (Lipinski definition) is 5. The normalized spacial score (nSPS) is 31.7. The molecule has 0 spiro atoms. The Kier molecular flexibility index (Phi) is 4.01. The summed E-state index contributed by atoms with van der Waals surface area (Å²) in [7, 11) is 2.07. The van der Waals surface area contributed by atoms with Gasteiger partial charge in [-0.2, -0.15) is 5.10 Å². The molecule has 2 aliphatic heterocycles. The molecule has 4 rings (SSSR count). The van der Waals surface area contributed by atoms with Gasteiger partial charge in [-0.1, -0.05) is 0 Å². The second-order valence-electron chi connectivity index (χ2n) is 7.31. The van der Waals surface area contributed by atoms with E-state index in [1.54, 1.807) is 0 Å². The molecule has 1 aliphatic carbocycles. The Hall–Kier alpha value is -1.56. The number of nitrogens with zero attached hydrogens (tertiary/aromatic N) is 4. The zero-order chi connectivity index (χ0) is 15.8. The fraction of sp³-hybridized carbons (Fsp3) is 0.765. The van der Waals surface area contributed by atoms with Crippen molar-refractivity contribution < 1.29 is 0 Å². The van der Waals surface area contributed by atoms with Crippen LogP contribution < -0.4 is 10.6 Å². The van der Waals surface area contributed by atoms with Crippen molar-refractivity contribution in [2.45, 2.75) is 50.7 Å². The van der Waals surface area contributed by atoms with E-state index in [0.717, 1.165) is 25.1 Å². The Morgan fingerprint density at radius 3 is 2.87 bits per heavy atom. The maximum Gasteiger partial charge on any atom is 0.191 e. The van der Waals surface area contributed by atoms with Crippen LogP contribution in [-0.2, 0) is 7.05 Å². The van der Waals surface area contributed by atoms with Crippen LogP contribution in [0.15, 0.2) is 17.3 Å². The zero-order valence-corrected chi connectivity index (χ0v) is 14.2. The number of rotatable bonds is 4. The molecule has 3 aliphatic rings. The van der Waals surface area contributed by atoms with E-state index in [2.05, 4.69) is 50.3 Å². The van der Waals surface area contributed by atoms with Crippen molar-refractivity contribution in [1.82, 2.24) is 25.3 Å². The standard InChI is InChI=1S/C17H28N6/c1-12-10-18-17(21-12)19-11-13-4-3-9-23(14-5-6-14)16(13)15-7-8-20-22(15)2/h7-8,12-14,16H,3-6,9-11H2,1-2H3,(H2,18,19,21)/t12?,13-,16+/m0/s1. The lowest BCUT2D eigenvalue weighted by Gasteiger charge is -2.42. The summed E-state index contributed by atoms with van der Waals surface area (Å²) in [6.45, 7) is 5.27. The predicted octanol–water partition coefficient (Wildman–Crippen LogP) is 1.27. The summed E-state index contributed by atoms with van der Waals surface area (Å²) in [5, 5.41) is 11.4. The monoisotopic (exact) mass is 316 g/mol. The molecule has 1 aromatic rings. The number of aliphatic imine (C=N–C) groups is 1. The molecule has 1 saturated heterocycles. The highest BCUT2D eigenvalue weighted by molar-refractivity contribution is 5.81. The number of likely N-dealkylation sites (tertiary alicyclic amines) is 1. The summed E-state index contributed by atoms with van der Waals surface area (Å²) in [5.74, 6) is 1.59. The van der Waals surface area contributed by atoms with Gasteiger partial charge >= 0.3 is 0 Å². The second-order valence-corrected chi connectivity index (χ2v) is 7.31. The second kappa shape index (κ2) is 6.15. The van der Waals surface area contributed by atoms with Gasteiger partial charge < -0.3 is 10.6 Å². The molecule has 2 N–H and O–H groups in total. The third kappa shape index (κ3) is 3.09. The number of nitrogens with one attached hydrogen (secondary N) is 2. The molecule has 23 heavy (non-hydrogen) atoms. The van der Waals surface area contributed by atoms with Crippen molar-refractivity contribution in [3.8, 4) is 0 Å². The van der Waals surface area contributed by atoms with E-state index < -0.39 is 0 Å². The average Bonchev–Trinajstić information content (AvgIpc) is 3.19. The number of hydrogen-bond donors (Lipinski definition) is 2. The molecule has 0 radical (unpaired) electrons. The van der Waals surface area contributed by atoms with Gasteiger partial charge in [-0.25, -0.2) is 0 Å². The van der Waals surface area contributed by atoms with Gasteiger partial charge in [0, 0.05) is 31.9 Å². The van der Waals surface area contributed by atoms with Crippen LogP contribution in [0.3, 0.4) is 0 Å². The van der Waals surface area contributed by atoms with Crippen molar-refractivity contribution >= 4 is 5.96 Å². The lowest BCUT2D eigenvalue weighted by atomic mass is 9.86. The summed E-state index contributed by atoms with van der Waals surface area (Å²) in [6, 6.07) is 3.93. The summed E-state index contributed by atoms with van der Waals surface area (Å²) >= 11 is 0. The van der Waals surface area contributed by atoms with Crippen molar-refractivity contribution in [3.05, 3.63) is 18.0 Å². The predicted molar refractivity (Wildman–Crippen MR) is 91.3 cm³/mol. The van der Waals surface area contributed by atoms with E-state index in [9.17, 15) is 0 Å². The van der Waals surface area contributed by atoms with Gasteiger partial charge in [0.25, 0.3) is 0 Å². The molecular weight excluding hydrogens is 288 g/mol. The highest BCUT2D eigenvalue weighted by Gasteiger charge is 2.41. The maximum absolute atomic E-state index is 4.54. The summed E-state index contributed by atoms with van der Waals surface area (Å²) in [6.07, 6.45) is 7.23. The third-order valence-electron chi connectivity index (χ3n) is 5.41. The van der Waals surface area contributed by atoms with Crippen LogP contribution in [0.25, 0.3) is 0 Å². The van der Waals surface area contributed by atoms with Crippen LogP contribution in [-0.4, -0.2) is 52.4 Å². The Labute approximate surface area is 138 Å². The minimum absolute atomic E-state index is 0.458. The highest BCUT2D eigenvalue weighted by Crippen LogP contribution is 2.42. The minimum atomic E-state index is 0.458. The Morgan fingerprint density at radius 1 is 1.35 bits per heavy atom. The maximum atomic E-state index is 4.54. The number of aryl methyl sites for hydroxylation is 1. The number of piperidine rings is 1. The average molecular weight is 316 g/mol. The Morgan fingerprint density at radius 2 is 2.22 bits per heavy atom. The van der Waals surface area contributed by atoms with Crippen LogP contribution in [0.2, 0.25) is 0 Å². The molecule has 0 bridgehead atoms. The Bertz CT molecular complexity index is 575. The van der Waals surface area contributed by atoms with E-state index in [4.69, 9.17) is 0 Å². The fourth-order valence-corrected chi connectivity index (χ4v) is 4.11. The van der Waals surface area contributed by atoms with Crippen molar-refractivity contribution in [2.24, 2.45) is 18.0 Å². The molecule has 3 atom stereocenters. The summed E-state index contributed by atoms with van der Waals surface area (Å²) < 4.78 is 2.06. The van der Waals surface area contributed by atoms with E-state index in [-0.39, 0.29) is 0 Å². The van der Waals surface area contributed by atoms with Gasteiger partial charge in [-0.15, -0.1) is 0 Å². The van der Waals surface area contributed by atoms with E-state index in [1.807, 2.05) is 6.20 Å². The van der Waals surface area contributed by atoms with Gasteiger partial charge in [0.05, 0.1) is 18.3 Å². The van der Waals surface area contributed by atoms with E-state index >= 15 is 0 Å². The van der Waals surface area contributed by atoms with Gasteiger partial charge in [0.2, 0.25) is 0 Å². The SMILES string of the molecule is CC1CN=C(NC[C@@H]2CCCN(C3CC3)[C@H]2c2ccnn2C)N1. The molecule has 2 fully saturated rings. The summed E-state index contributed by atoms with van der Waals surface area (Å²) in [4.78, 5) is 7.27. The summed E-state index contributed by atoms with van der Waals surface area (Å²) in [5.41, 5.74) is 1.36. The van der Waals surface area contributed by atoms with Crippen molar-refractivity contribution in [1.29, 1.82) is 0 Å². The van der Waals surface area contributed by atoms with Gasteiger partial charge in [-0.05, 0) is 51.1 Å². The van der Waals surface area contributed by atoms with Crippen molar-refractivity contribution in [2.75, 3.05) is 19.6 Å². The first-order chi connectivity index (χ1) is 11.2. The lowest BCUT2D eigenvalue weighted by Crippen LogP contribution is -2.47. The molecule has 1 unspecified atom stereocenters. The molecule has 0 amide bonds. The first kappa shape index (κ1) is 15.0. The molecule has 1 saturated carbocycles. The van der Waals surface area contributed by atoms with E-state index in [1.165, 1.54) is 37.9 Å². The van der Waals surface area contributed by atoms with Gasteiger partial charge in [-0.3, -0.25) is 14.6 Å². The lowest BCUT2D eigenvalue weighted by molar-refractivity contribution is 0.0800. The molecule has 6 nitrogen and oxygen atoms in total. The van der Waals surface area contributed by atoms with Crippen LogP contribution in [0.4, 0.5) is 0 Å². The molecule has 1 aromatic heterocycles. The quantitative estimate of drug-likeness (QED) is 0.878. The van der Waals surface area contributed by atoms with Crippen molar-refractivity contribution in [3.63, 3.8) is 0 Å². The molecule has 126 valence electrons. The first-order valence-corrected chi connectivity index (χ1v) is 9.01. The van der Waals surface area contributed by atoms with Gasteiger partial charge in [0.1, 0.15) is 0 Å². The Balaban J connectivity index is 1.50. The minimum Gasteiger partial charge on any atom is -0.356 e. The fourth-order valence-electron chi connectivity index (χ4n) is 4.11. The van der Waals surface area contributed by atoms with Crippen LogP contribution in [0.5, 0.6) is 0 Å². The van der Waals surface area contributed by atoms with Gasteiger partial charge in [0.15, 0.2) is 5.96 Å². The molecule has 3 heterocycles. The van der Waals surface area contributed by atoms with E-state index in [0.29, 0.717) is 18.0 Å². The molecular formula is C17H28N6. The third-order valence-corrected chi connectivity index (χ3v) is 5.41. The highest BCUT2D eigenvalue weighted by atomic mass is 15.3. The largest absolute Gasteiger partial charge is 0.356 e. The first-order valence-electron chi connectivity index (χ1n) is 9.01. The molecule has 0 aromatic carbocycles. The number of aromatic nitrogens is 2. The number of guanidine groups is 1. The zero-order valence-electron chi connectivity index (χ0n) is 14.2. The topological polar surface area (TPSA) is 57.5 Å². The molecule has 6 heteroatoms.